The van der Waals surface area contributed by atoms with Crippen molar-refractivity contribution in [3.8, 4) is 0 Å². The van der Waals surface area contributed by atoms with Crippen molar-refractivity contribution in [2.24, 2.45) is 0 Å². The summed E-state index contributed by atoms with van der Waals surface area (Å²) >= 11 is 5.56. The second kappa shape index (κ2) is 5.76. The molecule has 2 unspecified atom stereocenters. The Labute approximate surface area is 141 Å². The van der Waals surface area contributed by atoms with E-state index in [1.54, 1.807) is 19.0 Å². The van der Waals surface area contributed by atoms with Gasteiger partial charge in [-0.2, -0.15) is 0 Å². The van der Waals surface area contributed by atoms with E-state index in [1.807, 2.05) is 35.2 Å². The molecule has 2 fully saturated rings. The van der Waals surface area contributed by atoms with Crippen LogP contribution in [0.2, 0.25) is 0 Å². The molecule has 3 rings (SSSR count). The Morgan fingerprint density at radius 1 is 1.22 bits per heavy atom. The highest BCUT2D eigenvalue weighted by molar-refractivity contribution is 7.91. The fraction of sp³-hybridized carbons (Fsp3) is 0.467. The van der Waals surface area contributed by atoms with Gasteiger partial charge in [-0.3, -0.25) is 4.79 Å². The van der Waals surface area contributed by atoms with Crippen molar-refractivity contribution in [2.45, 2.75) is 12.1 Å². The minimum atomic E-state index is -3.13. The van der Waals surface area contributed by atoms with Crippen molar-refractivity contribution < 1.29 is 13.2 Å². The van der Waals surface area contributed by atoms with Crippen LogP contribution in [0.3, 0.4) is 0 Å². The molecule has 1 aromatic rings. The van der Waals surface area contributed by atoms with Crippen LogP contribution in [0.4, 0.5) is 5.69 Å². The van der Waals surface area contributed by atoms with Crippen LogP contribution in [-0.2, 0) is 14.6 Å². The number of rotatable bonds is 3. The first kappa shape index (κ1) is 16.2. The van der Waals surface area contributed by atoms with Gasteiger partial charge in [0.25, 0.3) is 0 Å². The summed E-state index contributed by atoms with van der Waals surface area (Å²) in [5, 5.41) is 0.524. The first-order valence-corrected chi connectivity index (χ1v) is 9.58. The molecule has 8 heteroatoms. The molecule has 1 aromatic carbocycles. The number of sulfone groups is 1. The maximum atomic E-state index is 12.1. The summed E-state index contributed by atoms with van der Waals surface area (Å²) < 4.78 is 24.2. The van der Waals surface area contributed by atoms with Crippen LogP contribution in [0.5, 0.6) is 0 Å². The number of para-hydroxylation sites is 1. The quantitative estimate of drug-likeness (QED) is 0.731. The van der Waals surface area contributed by atoms with Crippen molar-refractivity contribution in [3.05, 3.63) is 30.3 Å². The lowest BCUT2D eigenvalue weighted by Gasteiger charge is -2.26. The molecule has 2 heterocycles. The average molecular weight is 353 g/mol. The number of likely N-dealkylation sites (N-methyl/N-ethyl adjacent to an activating group) is 1. The molecule has 1 amide bonds. The molecule has 0 spiro atoms. The van der Waals surface area contributed by atoms with E-state index in [0.29, 0.717) is 5.11 Å². The Morgan fingerprint density at radius 3 is 2.43 bits per heavy atom. The minimum Gasteiger partial charge on any atom is -0.347 e. The van der Waals surface area contributed by atoms with Gasteiger partial charge < -0.3 is 14.7 Å². The van der Waals surface area contributed by atoms with E-state index >= 15 is 0 Å². The van der Waals surface area contributed by atoms with Crippen molar-refractivity contribution in [3.63, 3.8) is 0 Å². The maximum absolute atomic E-state index is 12.1. The molecule has 23 heavy (non-hydrogen) atoms. The summed E-state index contributed by atoms with van der Waals surface area (Å²) in [6.07, 6.45) is 0. The standard InChI is InChI=1S/C15H19N3O3S2/c1-16(2)14(19)8-17-12-9-23(20,21)10-13(12)18(15(17)22)11-6-4-3-5-7-11/h3-7,12-13H,8-10H2,1-2H3. The Bertz CT molecular complexity index is 734. The number of hydrogen-bond acceptors (Lipinski definition) is 4. The zero-order chi connectivity index (χ0) is 16.8. The summed E-state index contributed by atoms with van der Waals surface area (Å²) in [4.78, 5) is 17.2. The number of carbonyl (C=O) groups excluding carboxylic acids is 1. The molecule has 6 nitrogen and oxygen atoms in total. The van der Waals surface area contributed by atoms with Crippen LogP contribution in [-0.4, -0.2) is 73.5 Å². The van der Waals surface area contributed by atoms with Crippen LogP contribution in [0.1, 0.15) is 0 Å². The van der Waals surface area contributed by atoms with Crippen molar-refractivity contribution in [1.29, 1.82) is 0 Å². The van der Waals surface area contributed by atoms with Gasteiger partial charge in [0.1, 0.15) is 0 Å². The number of anilines is 1. The zero-order valence-corrected chi connectivity index (χ0v) is 14.7. The second-order valence-electron chi connectivity index (χ2n) is 6.12. The first-order chi connectivity index (χ1) is 10.8. The summed E-state index contributed by atoms with van der Waals surface area (Å²) in [5.74, 6) is 0.0200. The summed E-state index contributed by atoms with van der Waals surface area (Å²) in [5.41, 5.74) is 0.865. The summed E-state index contributed by atoms with van der Waals surface area (Å²) in [6.45, 7) is 0.103. The van der Waals surface area contributed by atoms with Gasteiger partial charge in [0, 0.05) is 19.8 Å². The van der Waals surface area contributed by atoms with Crippen LogP contribution in [0.15, 0.2) is 30.3 Å². The number of fused-ring (bicyclic) bond motifs is 1. The minimum absolute atomic E-state index is 0.0435. The lowest BCUT2D eigenvalue weighted by Crippen LogP contribution is -2.43. The van der Waals surface area contributed by atoms with Gasteiger partial charge in [0.2, 0.25) is 5.91 Å². The SMILES string of the molecule is CN(C)C(=O)CN1C(=S)N(c2ccccc2)C2CS(=O)(=O)CC21. The van der Waals surface area contributed by atoms with Gasteiger partial charge in [-0.25, -0.2) is 8.42 Å². The third kappa shape index (κ3) is 2.92. The highest BCUT2D eigenvalue weighted by atomic mass is 32.2. The van der Waals surface area contributed by atoms with E-state index in [0.717, 1.165) is 5.69 Å². The molecule has 124 valence electrons. The van der Waals surface area contributed by atoms with Gasteiger partial charge in [-0.05, 0) is 24.4 Å². The maximum Gasteiger partial charge on any atom is 0.241 e. The summed E-state index contributed by atoms with van der Waals surface area (Å²) in [6, 6.07) is 9.01. The number of carbonyl (C=O) groups is 1. The number of thiocarbonyl (C=S) groups is 1. The van der Waals surface area contributed by atoms with Gasteiger partial charge in [-0.15, -0.1) is 0 Å². The highest BCUT2D eigenvalue weighted by Crippen LogP contribution is 2.34. The second-order valence-corrected chi connectivity index (χ2v) is 8.63. The predicted octanol–water partition coefficient (Wildman–Crippen LogP) is 0.347. The Hall–Kier alpha value is -1.67. The average Bonchev–Trinajstić information content (AvgIpc) is 2.91. The van der Waals surface area contributed by atoms with Crippen LogP contribution < -0.4 is 4.90 Å². The smallest absolute Gasteiger partial charge is 0.241 e. The molecular weight excluding hydrogens is 334 g/mol. The Balaban J connectivity index is 1.96. The van der Waals surface area contributed by atoms with E-state index in [2.05, 4.69) is 0 Å². The molecule has 0 N–H and O–H groups in total. The molecule has 2 saturated heterocycles. The third-order valence-electron chi connectivity index (χ3n) is 4.32. The number of hydrogen-bond donors (Lipinski definition) is 0. The van der Waals surface area contributed by atoms with Crippen LogP contribution in [0, 0.1) is 0 Å². The monoisotopic (exact) mass is 353 g/mol. The number of amides is 1. The fourth-order valence-electron chi connectivity index (χ4n) is 3.14. The van der Waals surface area contributed by atoms with Crippen molar-refractivity contribution >= 4 is 38.8 Å². The molecule has 2 aliphatic rings. The predicted molar refractivity (Wildman–Crippen MR) is 93.1 cm³/mol. The molecule has 0 aliphatic carbocycles. The van der Waals surface area contributed by atoms with E-state index in [1.165, 1.54) is 4.90 Å². The number of nitrogens with zero attached hydrogens (tertiary/aromatic N) is 3. The van der Waals surface area contributed by atoms with E-state index in [9.17, 15) is 13.2 Å². The highest BCUT2D eigenvalue weighted by Gasteiger charge is 2.52. The van der Waals surface area contributed by atoms with Gasteiger partial charge in [0.05, 0.1) is 30.1 Å². The zero-order valence-electron chi connectivity index (χ0n) is 13.0. The summed E-state index contributed by atoms with van der Waals surface area (Å²) in [7, 11) is 0.233. The molecule has 0 bridgehead atoms. The molecule has 0 aromatic heterocycles. The van der Waals surface area contributed by atoms with Crippen molar-refractivity contribution in [2.75, 3.05) is 37.0 Å². The molecule has 2 atom stereocenters. The van der Waals surface area contributed by atoms with E-state index in [4.69, 9.17) is 12.2 Å². The van der Waals surface area contributed by atoms with E-state index in [-0.39, 0.29) is 36.0 Å². The van der Waals surface area contributed by atoms with Crippen molar-refractivity contribution in [1.82, 2.24) is 9.80 Å². The third-order valence-corrected chi connectivity index (χ3v) is 6.45. The molecule has 2 aliphatic heterocycles. The Kier molecular flexibility index (Phi) is 4.05. The normalized spacial score (nSPS) is 25.6. The van der Waals surface area contributed by atoms with Crippen LogP contribution in [0.25, 0.3) is 0 Å². The lowest BCUT2D eigenvalue weighted by molar-refractivity contribution is -0.129. The van der Waals surface area contributed by atoms with Gasteiger partial charge >= 0.3 is 0 Å². The molecule has 0 radical (unpaired) electrons. The lowest BCUT2D eigenvalue weighted by atomic mass is 10.1. The Morgan fingerprint density at radius 2 is 1.83 bits per heavy atom. The van der Waals surface area contributed by atoms with E-state index < -0.39 is 9.84 Å². The topological polar surface area (TPSA) is 60.9 Å². The van der Waals surface area contributed by atoms with Gasteiger partial charge in [0.15, 0.2) is 14.9 Å². The number of benzene rings is 1. The fourth-order valence-corrected chi connectivity index (χ4v) is 5.53. The largest absolute Gasteiger partial charge is 0.347 e. The van der Waals surface area contributed by atoms with Gasteiger partial charge in [-0.1, -0.05) is 18.2 Å². The first-order valence-electron chi connectivity index (χ1n) is 7.35. The molecule has 0 saturated carbocycles. The van der Waals surface area contributed by atoms with Crippen LogP contribution >= 0.6 is 12.2 Å². The molecular formula is C15H19N3O3S2.